The van der Waals surface area contributed by atoms with Crippen LogP contribution in [0.1, 0.15) is 39.2 Å². The summed E-state index contributed by atoms with van der Waals surface area (Å²) in [7, 11) is 0. The Labute approximate surface area is 219 Å². The Morgan fingerprint density at radius 2 is 1.55 bits per heavy atom. The highest BCUT2D eigenvalue weighted by Gasteiger charge is 2.33. The summed E-state index contributed by atoms with van der Waals surface area (Å²) in [4.78, 5) is 64.3. The average Bonchev–Trinajstić information content (AvgIpc) is 3.25. The maximum atomic E-state index is 13.4. The lowest BCUT2D eigenvalue weighted by molar-refractivity contribution is -0.145. The number of carboxylic acid groups (broad SMARTS) is 2. The summed E-state index contributed by atoms with van der Waals surface area (Å²) in [6.07, 6.45) is -0.159. The van der Waals surface area contributed by atoms with Crippen molar-refractivity contribution in [1.29, 1.82) is 0 Å². The molecule has 2 aromatic rings. The number of nitrogens with one attached hydrogen (secondary N) is 4. The molecule has 0 spiro atoms. The molecule has 1 aromatic heterocycles. The Balaban J connectivity index is 2.28. The zero-order valence-corrected chi connectivity index (χ0v) is 21.4. The van der Waals surface area contributed by atoms with Gasteiger partial charge >= 0.3 is 11.9 Å². The van der Waals surface area contributed by atoms with Crippen LogP contribution in [0.4, 0.5) is 0 Å². The number of fused-ring (bicyclic) bond motifs is 1. The molecule has 0 bridgehead atoms. The molecule has 1 aromatic carbocycles. The molecule has 0 aliphatic rings. The van der Waals surface area contributed by atoms with E-state index in [1.54, 1.807) is 20.0 Å². The molecule has 0 saturated heterocycles. The van der Waals surface area contributed by atoms with E-state index in [2.05, 4.69) is 20.9 Å². The van der Waals surface area contributed by atoms with E-state index in [4.69, 9.17) is 10.8 Å². The lowest BCUT2D eigenvalue weighted by atomic mass is 9.99. The van der Waals surface area contributed by atoms with Crippen LogP contribution in [0, 0.1) is 5.92 Å². The summed E-state index contributed by atoms with van der Waals surface area (Å²) in [5.74, 6) is -5.34. The van der Waals surface area contributed by atoms with Crippen molar-refractivity contribution in [3.63, 3.8) is 0 Å². The number of amides is 3. The minimum atomic E-state index is -1.59. The average molecular weight is 534 g/mol. The monoisotopic (exact) mass is 533 g/mol. The number of aliphatic hydroxyl groups is 1. The van der Waals surface area contributed by atoms with Gasteiger partial charge in [-0.15, -0.1) is 0 Å². The maximum Gasteiger partial charge on any atom is 0.328 e. The Kier molecular flexibility index (Phi) is 10.8. The van der Waals surface area contributed by atoms with E-state index in [1.165, 1.54) is 6.92 Å². The van der Waals surface area contributed by atoms with E-state index in [1.807, 2.05) is 24.3 Å². The first-order valence-electron chi connectivity index (χ1n) is 12.2. The lowest BCUT2D eigenvalue weighted by Gasteiger charge is -2.27. The first-order valence-corrected chi connectivity index (χ1v) is 12.2. The molecule has 13 nitrogen and oxygen atoms in total. The van der Waals surface area contributed by atoms with Crippen LogP contribution in [0.3, 0.4) is 0 Å². The second kappa shape index (κ2) is 13.5. The topological polar surface area (TPSA) is 224 Å². The summed E-state index contributed by atoms with van der Waals surface area (Å²) in [6, 6.07) is 2.17. The fourth-order valence-electron chi connectivity index (χ4n) is 3.84. The van der Waals surface area contributed by atoms with Crippen LogP contribution >= 0.6 is 0 Å². The summed E-state index contributed by atoms with van der Waals surface area (Å²) in [5.41, 5.74) is 7.34. The van der Waals surface area contributed by atoms with Crippen LogP contribution < -0.4 is 21.7 Å². The number of carbonyl (C=O) groups is 5. The van der Waals surface area contributed by atoms with Crippen molar-refractivity contribution in [3.8, 4) is 0 Å². The van der Waals surface area contributed by atoms with Gasteiger partial charge in [0.2, 0.25) is 17.7 Å². The molecular formula is C25H35N5O8. The van der Waals surface area contributed by atoms with Crippen LogP contribution in [0.15, 0.2) is 30.5 Å². The molecule has 0 aliphatic carbocycles. The molecule has 0 saturated carbocycles. The Morgan fingerprint density at radius 1 is 0.921 bits per heavy atom. The van der Waals surface area contributed by atoms with Gasteiger partial charge in [0.05, 0.1) is 12.1 Å². The lowest BCUT2D eigenvalue weighted by Crippen LogP contribution is -2.60. The van der Waals surface area contributed by atoms with Gasteiger partial charge in [-0.05, 0) is 30.9 Å². The predicted molar refractivity (Wildman–Crippen MR) is 137 cm³/mol. The number of hydrogen-bond donors (Lipinski definition) is 8. The van der Waals surface area contributed by atoms with Gasteiger partial charge in [-0.1, -0.05) is 32.0 Å². The number of aromatic amines is 1. The molecule has 208 valence electrons. The third-order valence-corrected chi connectivity index (χ3v) is 6.03. The smallest absolute Gasteiger partial charge is 0.328 e. The van der Waals surface area contributed by atoms with E-state index in [0.29, 0.717) is 5.56 Å². The molecule has 5 unspecified atom stereocenters. The van der Waals surface area contributed by atoms with E-state index in [9.17, 15) is 34.2 Å². The zero-order chi connectivity index (χ0) is 28.6. The van der Waals surface area contributed by atoms with Crippen molar-refractivity contribution >= 4 is 40.6 Å². The van der Waals surface area contributed by atoms with Gasteiger partial charge in [-0.25, -0.2) is 4.79 Å². The Morgan fingerprint density at radius 3 is 2.13 bits per heavy atom. The molecule has 0 fully saturated rings. The summed E-state index contributed by atoms with van der Waals surface area (Å²) in [5, 5.41) is 36.0. The Bertz CT molecular complexity index is 1160. The number of carbonyl (C=O) groups excluding carboxylic acids is 3. The van der Waals surface area contributed by atoms with Crippen molar-refractivity contribution in [2.45, 2.75) is 70.3 Å². The zero-order valence-electron chi connectivity index (χ0n) is 21.4. The quantitative estimate of drug-likeness (QED) is 0.156. The van der Waals surface area contributed by atoms with Gasteiger partial charge in [0.15, 0.2) is 6.04 Å². The van der Waals surface area contributed by atoms with Gasteiger partial charge in [0, 0.05) is 29.9 Å². The summed E-state index contributed by atoms with van der Waals surface area (Å²) < 4.78 is 0. The number of para-hydroxylation sites is 1. The van der Waals surface area contributed by atoms with Crippen molar-refractivity contribution in [2.75, 3.05) is 0 Å². The van der Waals surface area contributed by atoms with Crippen LogP contribution in [0.2, 0.25) is 0 Å². The number of hydrogen-bond acceptors (Lipinski definition) is 7. The summed E-state index contributed by atoms with van der Waals surface area (Å²) >= 11 is 0. The molecule has 1 heterocycles. The molecule has 38 heavy (non-hydrogen) atoms. The van der Waals surface area contributed by atoms with Crippen LogP contribution in [-0.4, -0.2) is 80.2 Å². The number of benzene rings is 1. The highest BCUT2D eigenvalue weighted by atomic mass is 16.4. The highest BCUT2D eigenvalue weighted by Crippen LogP contribution is 2.19. The van der Waals surface area contributed by atoms with Crippen molar-refractivity contribution < 1.29 is 39.3 Å². The van der Waals surface area contributed by atoms with Crippen LogP contribution in [-0.2, 0) is 30.4 Å². The first kappa shape index (κ1) is 30.3. The van der Waals surface area contributed by atoms with Gasteiger partial charge in [0.1, 0.15) is 12.1 Å². The van der Waals surface area contributed by atoms with Gasteiger partial charge < -0.3 is 42.0 Å². The third kappa shape index (κ3) is 8.28. The van der Waals surface area contributed by atoms with E-state index in [0.717, 1.165) is 10.9 Å². The predicted octanol–water partition coefficient (Wildman–Crippen LogP) is -0.522. The van der Waals surface area contributed by atoms with E-state index in [-0.39, 0.29) is 19.3 Å². The normalized spacial score (nSPS) is 15.2. The van der Waals surface area contributed by atoms with Crippen molar-refractivity contribution in [2.24, 2.45) is 11.7 Å². The van der Waals surface area contributed by atoms with Gasteiger partial charge in [0.25, 0.3) is 0 Å². The number of aliphatic carboxylic acids is 2. The number of aromatic nitrogens is 1. The first-order chi connectivity index (χ1) is 17.8. The second-order valence-electron chi connectivity index (χ2n) is 9.46. The third-order valence-electron chi connectivity index (χ3n) is 6.03. The molecule has 3 amide bonds. The van der Waals surface area contributed by atoms with E-state index < -0.39 is 65.8 Å². The molecule has 5 atom stereocenters. The minimum Gasteiger partial charge on any atom is -0.481 e. The van der Waals surface area contributed by atoms with Gasteiger partial charge in [-0.2, -0.15) is 0 Å². The number of rotatable bonds is 14. The van der Waals surface area contributed by atoms with Crippen molar-refractivity contribution in [3.05, 3.63) is 36.0 Å². The molecule has 0 aliphatic heterocycles. The maximum absolute atomic E-state index is 13.4. The van der Waals surface area contributed by atoms with E-state index >= 15 is 0 Å². The fourth-order valence-corrected chi connectivity index (χ4v) is 3.84. The largest absolute Gasteiger partial charge is 0.481 e. The molecule has 13 heteroatoms. The fraction of sp³-hybridized carbons (Fsp3) is 0.480. The molecule has 2 rings (SSSR count). The number of nitrogens with two attached hydrogens (primary N) is 1. The molecule has 9 N–H and O–H groups in total. The Hall–Kier alpha value is -3.97. The second-order valence-corrected chi connectivity index (χ2v) is 9.46. The molecule has 0 radical (unpaired) electrons. The van der Waals surface area contributed by atoms with Crippen LogP contribution in [0.5, 0.6) is 0 Å². The van der Waals surface area contributed by atoms with Crippen molar-refractivity contribution in [1.82, 2.24) is 20.9 Å². The van der Waals surface area contributed by atoms with Gasteiger partial charge in [-0.3, -0.25) is 19.2 Å². The van der Waals surface area contributed by atoms with Crippen LogP contribution in [0.25, 0.3) is 10.9 Å². The number of carboxylic acids is 2. The highest BCUT2D eigenvalue weighted by molar-refractivity contribution is 5.95. The SMILES string of the molecule is CC(C)C(NC(=O)C(Cc1c[nH]c2ccccc12)NC(=O)C(N)CCC(=O)O)C(=O)NC(C(=O)O)C(C)O. The molecular weight excluding hydrogens is 498 g/mol. The number of aliphatic hydroxyl groups excluding tert-OH is 1. The minimum absolute atomic E-state index is 0.0189. The summed E-state index contributed by atoms with van der Waals surface area (Å²) in [6.45, 7) is 4.48. The number of H-pyrrole nitrogens is 1. The standard InChI is InChI=1S/C25H35N5O8/c1-12(2)20(24(36)30-21(13(3)31)25(37)38)29-23(35)18(28-22(34)16(26)8-9-19(32)33)10-14-11-27-17-7-5-4-6-15(14)17/h4-7,11-13,16,18,20-21,27,31H,8-10,26H2,1-3H3,(H,28,34)(H,29,35)(H,30,36)(H,32,33)(H,37,38).